The molecule has 2 atom stereocenters. The minimum absolute atomic E-state index is 0.0102. The Kier molecular flexibility index (Phi) is 13.2. The lowest BCUT2D eigenvalue weighted by atomic mass is 9.74. The molecule has 0 aromatic heterocycles. The van der Waals surface area contributed by atoms with Gasteiger partial charge in [0.05, 0.1) is 6.10 Å². The predicted octanol–water partition coefficient (Wildman–Crippen LogP) is 11.4. The van der Waals surface area contributed by atoms with Gasteiger partial charge in [-0.05, 0) is 108 Å². The Balaban J connectivity index is 1.68. The van der Waals surface area contributed by atoms with Crippen LogP contribution in [0.5, 0.6) is 0 Å². The second-order valence-corrected chi connectivity index (χ2v) is 12.1. The van der Waals surface area contributed by atoms with Crippen LogP contribution in [0.4, 0.5) is 4.39 Å². The summed E-state index contributed by atoms with van der Waals surface area (Å²) < 4.78 is 13.7. The summed E-state index contributed by atoms with van der Waals surface area (Å²) in [6, 6.07) is 17.1. The molecule has 0 amide bonds. The summed E-state index contributed by atoms with van der Waals surface area (Å²) in [4.78, 5) is 0. The molecule has 2 aromatic carbocycles. The normalized spacial score (nSPS) is 17.1. The first-order valence-corrected chi connectivity index (χ1v) is 15.3. The highest BCUT2D eigenvalue weighted by molar-refractivity contribution is 5.72. The lowest BCUT2D eigenvalue weighted by Gasteiger charge is -2.33. The fraction of sp³-hybridized carbons (Fsp3) is 0.350. The number of halogens is 1. The van der Waals surface area contributed by atoms with Gasteiger partial charge >= 0.3 is 0 Å². The smallest absolute Gasteiger partial charge is 0.123 e. The summed E-state index contributed by atoms with van der Waals surface area (Å²) in [5, 5.41) is 11.3. The van der Waals surface area contributed by atoms with E-state index >= 15 is 0 Å². The van der Waals surface area contributed by atoms with Crippen molar-refractivity contribution in [2.75, 3.05) is 0 Å². The van der Waals surface area contributed by atoms with E-state index in [-0.39, 0.29) is 11.7 Å². The van der Waals surface area contributed by atoms with Crippen LogP contribution in [0.2, 0.25) is 0 Å². The number of allylic oxidation sites excluding steroid dienone is 9. The van der Waals surface area contributed by atoms with Crippen molar-refractivity contribution in [3.05, 3.63) is 142 Å². The lowest BCUT2D eigenvalue weighted by Crippen LogP contribution is -2.25. The van der Waals surface area contributed by atoms with Gasteiger partial charge in [-0.25, -0.2) is 4.39 Å². The van der Waals surface area contributed by atoms with Gasteiger partial charge < -0.3 is 5.11 Å². The third kappa shape index (κ3) is 11.1. The summed E-state index contributed by atoms with van der Waals surface area (Å²) in [7, 11) is 0. The van der Waals surface area contributed by atoms with Crippen molar-refractivity contribution in [2.24, 2.45) is 5.92 Å². The van der Waals surface area contributed by atoms with Crippen molar-refractivity contribution in [3.63, 3.8) is 0 Å². The van der Waals surface area contributed by atoms with Crippen molar-refractivity contribution in [1.82, 2.24) is 0 Å². The van der Waals surface area contributed by atoms with Crippen molar-refractivity contribution in [2.45, 2.75) is 85.2 Å². The van der Waals surface area contributed by atoms with Crippen LogP contribution in [0.3, 0.4) is 0 Å². The van der Waals surface area contributed by atoms with Crippen molar-refractivity contribution < 1.29 is 9.50 Å². The number of hydrogen-bond donors (Lipinski definition) is 1. The topological polar surface area (TPSA) is 20.2 Å². The molecule has 3 rings (SSSR count). The molecule has 1 N–H and O–H groups in total. The zero-order valence-corrected chi connectivity index (χ0v) is 26.1. The predicted molar refractivity (Wildman–Crippen MR) is 180 cm³/mol. The summed E-state index contributed by atoms with van der Waals surface area (Å²) in [5.74, 6) is -0.244. The molecule has 0 bridgehead atoms. The van der Waals surface area contributed by atoms with Gasteiger partial charge in [0.15, 0.2) is 0 Å². The van der Waals surface area contributed by atoms with E-state index in [2.05, 4.69) is 83.4 Å². The number of aliphatic hydroxyl groups excluding tert-OH is 1. The Morgan fingerprint density at radius 2 is 1.67 bits per heavy atom. The average Bonchev–Trinajstić information content (AvgIpc) is 2.95. The van der Waals surface area contributed by atoms with Crippen LogP contribution in [-0.4, -0.2) is 11.2 Å². The highest BCUT2D eigenvalue weighted by Crippen LogP contribution is 2.42. The van der Waals surface area contributed by atoms with Gasteiger partial charge in [0.25, 0.3) is 0 Å². The Bertz CT molecular complexity index is 1340. The minimum atomic E-state index is -0.498. The van der Waals surface area contributed by atoms with Gasteiger partial charge in [-0.2, -0.15) is 0 Å². The quantitative estimate of drug-likeness (QED) is 0.226. The van der Waals surface area contributed by atoms with Gasteiger partial charge in [0.2, 0.25) is 0 Å². The number of hydrogen-bond acceptors (Lipinski definition) is 1. The summed E-state index contributed by atoms with van der Waals surface area (Å²) >= 11 is 0. The SMILES string of the molecule is C=C(C/C=C(\C)CCC=C(C)C)CC1=C(c2ccc(F)cc2)CC(=C)[C@@H]([C@H](O)C/C=C/C/C(C)=C/c2ccccc2)C1. The number of aliphatic hydroxyl groups is 1. The molecule has 1 nitrogen and oxygen atoms in total. The van der Waals surface area contributed by atoms with Crippen molar-refractivity contribution >= 4 is 11.6 Å². The molecule has 1 aliphatic rings. The van der Waals surface area contributed by atoms with E-state index in [1.165, 1.54) is 45.6 Å². The third-order valence-corrected chi connectivity index (χ3v) is 7.97. The molecule has 2 heteroatoms. The van der Waals surface area contributed by atoms with Crippen molar-refractivity contribution in [1.29, 1.82) is 0 Å². The molecule has 0 fully saturated rings. The van der Waals surface area contributed by atoms with Crippen molar-refractivity contribution in [3.8, 4) is 0 Å². The molecule has 0 radical (unpaired) electrons. The van der Waals surface area contributed by atoms with E-state index in [1.54, 1.807) is 0 Å². The standard InChI is InChI=1S/C40H49FO/c1-29(2)13-12-15-30(3)19-20-32(5)26-36-28-38(33(6)27-39(36)35-21-23-37(41)24-22-35)40(42)18-11-10-14-31(4)25-34-16-8-7-9-17-34/h7-11,13,16-17,19,21-25,38,40,42H,5-6,12,14-15,18,20,26-28H2,1-4H3/b11-10+,30-19+,31-25+/t38-,40+/m0/s1. The van der Waals surface area contributed by atoms with Crippen LogP contribution in [-0.2, 0) is 0 Å². The molecule has 0 aliphatic heterocycles. The molecule has 0 unspecified atom stereocenters. The molecular weight excluding hydrogens is 515 g/mol. The summed E-state index contributed by atoms with van der Waals surface area (Å²) in [5.41, 5.74) is 10.9. The van der Waals surface area contributed by atoms with Crippen LogP contribution in [0.15, 0.2) is 125 Å². The maximum absolute atomic E-state index is 13.7. The zero-order valence-electron chi connectivity index (χ0n) is 26.1. The van der Waals surface area contributed by atoms with Gasteiger partial charge in [0, 0.05) is 5.92 Å². The molecule has 0 saturated carbocycles. The monoisotopic (exact) mass is 564 g/mol. The number of rotatable bonds is 14. The maximum Gasteiger partial charge on any atom is 0.123 e. The van der Waals surface area contributed by atoms with Crippen LogP contribution < -0.4 is 0 Å². The highest BCUT2D eigenvalue weighted by atomic mass is 19.1. The van der Waals surface area contributed by atoms with E-state index in [4.69, 9.17) is 0 Å². The molecule has 0 spiro atoms. The lowest BCUT2D eigenvalue weighted by molar-refractivity contribution is 0.125. The Labute approximate surface area is 254 Å². The third-order valence-electron chi connectivity index (χ3n) is 7.97. The second-order valence-electron chi connectivity index (χ2n) is 12.1. The first kappa shape index (κ1) is 33.0. The van der Waals surface area contributed by atoms with Crippen LogP contribution >= 0.6 is 0 Å². The van der Waals surface area contributed by atoms with Crippen LogP contribution in [0.25, 0.3) is 11.6 Å². The average molecular weight is 565 g/mol. The van der Waals surface area contributed by atoms with Crippen LogP contribution in [0.1, 0.15) is 90.2 Å². The highest BCUT2D eigenvalue weighted by Gasteiger charge is 2.29. The van der Waals surface area contributed by atoms with E-state index < -0.39 is 6.10 Å². The maximum atomic E-state index is 13.7. The molecular formula is C40H49FO. The Morgan fingerprint density at radius 1 is 0.952 bits per heavy atom. The molecule has 2 aromatic rings. The molecule has 0 heterocycles. The van der Waals surface area contributed by atoms with Crippen LogP contribution in [0, 0.1) is 11.7 Å². The second kappa shape index (κ2) is 16.8. The van der Waals surface area contributed by atoms with Gasteiger partial charge in [-0.3, -0.25) is 0 Å². The van der Waals surface area contributed by atoms with E-state index in [1.807, 2.05) is 30.3 Å². The molecule has 0 saturated heterocycles. The fourth-order valence-electron chi connectivity index (χ4n) is 5.51. The zero-order chi connectivity index (χ0) is 30.5. The molecule has 42 heavy (non-hydrogen) atoms. The fourth-order valence-corrected chi connectivity index (χ4v) is 5.51. The van der Waals surface area contributed by atoms with Gasteiger partial charge in [-0.1, -0.05) is 119 Å². The van der Waals surface area contributed by atoms with Gasteiger partial charge in [0.1, 0.15) is 5.82 Å². The minimum Gasteiger partial charge on any atom is -0.392 e. The first-order valence-electron chi connectivity index (χ1n) is 15.3. The molecule has 222 valence electrons. The van der Waals surface area contributed by atoms with E-state index in [0.29, 0.717) is 12.8 Å². The van der Waals surface area contributed by atoms with Gasteiger partial charge in [-0.15, -0.1) is 0 Å². The summed E-state index contributed by atoms with van der Waals surface area (Å²) in [6.45, 7) is 17.4. The Morgan fingerprint density at radius 3 is 2.36 bits per heavy atom. The number of benzene rings is 2. The van der Waals surface area contributed by atoms with E-state index in [0.717, 1.165) is 55.2 Å². The molecule has 1 aliphatic carbocycles. The van der Waals surface area contributed by atoms with E-state index in [9.17, 15) is 9.50 Å². The summed E-state index contributed by atoms with van der Waals surface area (Å²) in [6.07, 6.45) is 17.2. The first-order chi connectivity index (χ1) is 20.1. The Hall–Kier alpha value is -3.49. The largest absolute Gasteiger partial charge is 0.392 e.